The van der Waals surface area contributed by atoms with E-state index in [-0.39, 0.29) is 11.6 Å². The number of para-hydroxylation sites is 1. The third-order valence-electron chi connectivity index (χ3n) is 3.77. The number of halogens is 1. The normalized spacial score (nSPS) is 15.7. The van der Waals surface area contributed by atoms with E-state index in [4.69, 9.17) is 9.84 Å². The molecule has 2 N–H and O–H groups in total. The van der Waals surface area contributed by atoms with Crippen LogP contribution in [0.2, 0.25) is 0 Å². The minimum atomic E-state index is -1.44. The van der Waals surface area contributed by atoms with Crippen LogP contribution < -0.4 is 10.1 Å². The van der Waals surface area contributed by atoms with Gasteiger partial charge in [0.2, 0.25) is 0 Å². The van der Waals surface area contributed by atoms with Crippen molar-refractivity contribution in [3.63, 3.8) is 0 Å². The summed E-state index contributed by atoms with van der Waals surface area (Å²) >= 11 is 0. The van der Waals surface area contributed by atoms with Crippen LogP contribution in [0, 0.1) is 5.82 Å². The number of benzene rings is 2. The number of carbonyl (C=O) groups is 2. The zero-order valence-corrected chi connectivity index (χ0v) is 12.3. The van der Waals surface area contributed by atoms with Crippen LogP contribution >= 0.6 is 0 Å². The molecular weight excluding hydrogens is 301 g/mol. The van der Waals surface area contributed by atoms with Crippen LogP contribution in [0.1, 0.15) is 39.1 Å². The highest BCUT2D eigenvalue weighted by molar-refractivity contribution is 6.09. The van der Waals surface area contributed by atoms with Gasteiger partial charge >= 0.3 is 5.97 Å². The minimum absolute atomic E-state index is 0.0915. The van der Waals surface area contributed by atoms with Gasteiger partial charge in [0.05, 0.1) is 17.9 Å². The van der Waals surface area contributed by atoms with Gasteiger partial charge in [-0.2, -0.15) is 0 Å². The molecule has 3 rings (SSSR count). The summed E-state index contributed by atoms with van der Waals surface area (Å²) in [7, 11) is 0. The van der Waals surface area contributed by atoms with E-state index in [2.05, 4.69) is 5.32 Å². The summed E-state index contributed by atoms with van der Waals surface area (Å²) < 4.78 is 19.2. The van der Waals surface area contributed by atoms with Gasteiger partial charge in [-0.1, -0.05) is 25.1 Å². The van der Waals surface area contributed by atoms with Gasteiger partial charge in [0.1, 0.15) is 17.1 Å². The van der Waals surface area contributed by atoms with Crippen molar-refractivity contribution in [3.05, 3.63) is 58.9 Å². The fraction of sp³-hybridized carbons (Fsp3) is 0.176. The van der Waals surface area contributed by atoms with Crippen LogP contribution in [0.15, 0.2) is 36.4 Å². The molecule has 1 atom stereocenters. The fourth-order valence-electron chi connectivity index (χ4n) is 2.62. The number of fused-ring (bicyclic) bond motifs is 1. The maximum absolute atomic E-state index is 13.7. The van der Waals surface area contributed by atoms with Gasteiger partial charge < -0.3 is 15.2 Å². The van der Waals surface area contributed by atoms with Crippen molar-refractivity contribution in [2.45, 2.75) is 12.8 Å². The third-order valence-corrected chi connectivity index (χ3v) is 3.77. The number of hydrogen-bond acceptors (Lipinski definition) is 3. The Kier molecular flexibility index (Phi) is 3.73. The lowest BCUT2D eigenvalue weighted by molar-refractivity contribution is 0.0693. The molecule has 0 spiro atoms. The van der Waals surface area contributed by atoms with Gasteiger partial charge in [-0.15, -0.1) is 0 Å². The highest BCUT2D eigenvalue weighted by atomic mass is 19.1. The summed E-state index contributed by atoms with van der Waals surface area (Å²) in [6.07, 6.45) is 0. The molecule has 23 heavy (non-hydrogen) atoms. The molecule has 1 amide bonds. The van der Waals surface area contributed by atoms with E-state index in [1.165, 1.54) is 12.1 Å². The van der Waals surface area contributed by atoms with E-state index in [1.54, 1.807) is 12.1 Å². The van der Waals surface area contributed by atoms with Crippen molar-refractivity contribution in [1.29, 1.82) is 0 Å². The second-order valence-corrected chi connectivity index (χ2v) is 5.36. The topological polar surface area (TPSA) is 75.6 Å². The number of carbonyl (C=O) groups excluding carboxylic acids is 1. The minimum Gasteiger partial charge on any atom is -0.492 e. The number of hydrogen-bond donors (Lipinski definition) is 2. The molecule has 0 aliphatic carbocycles. The van der Waals surface area contributed by atoms with E-state index >= 15 is 0 Å². The number of carboxylic acids is 1. The Hall–Kier alpha value is -2.89. The van der Waals surface area contributed by atoms with Crippen LogP contribution in [0.4, 0.5) is 10.1 Å². The molecular formula is C17H14FNO4. The van der Waals surface area contributed by atoms with Gasteiger partial charge in [-0.3, -0.25) is 4.79 Å². The SMILES string of the molecule is CC1COc2c(C(=O)Nc3cccc(F)c3C(=O)O)cccc21. The van der Waals surface area contributed by atoms with E-state index < -0.39 is 23.3 Å². The van der Waals surface area contributed by atoms with Crippen LogP contribution in [0.25, 0.3) is 0 Å². The second-order valence-electron chi connectivity index (χ2n) is 5.36. The molecule has 2 aromatic rings. The van der Waals surface area contributed by atoms with Crippen LogP contribution in [0.5, 0.6) is 5.75 Å². The quantitative estimate of drug-likeness (QED) is 0.911. The molecule has 0 saturated carbocycles. The molecule has 6 heteroatoms. The Morgan fingerprint density at radius 3 is 2.74 bits per heavy atom. The van der Waals surface area contributed by atoms with Crippen molar-refractivity contribution in [2.75, 3.05) is 11.9 Å². The summed E-state index contributed by atoms with van der Waals surface area (Å²) in [5.74, 6) is -2.21. The number of amides is 1. The van der Waals surface area contributed by atoms with Gasteiger partial charge in [-0.05, 0) is 18.2 Å². The van der Waals surface area contributed by atoms with Crippen molar-refractivity contribution < 1.29 is 23.8 Å². The Bertz CT molecular complexity index is 803. The third kappa shape index (κ3) is 2.63. The van der Waals surface area contributed by atoms with E-state index in [1.807, 2.05) is 13.0 Å². The first kappa shape index (κ1) is 15.0. The lowest BCUT2D eigenvalue weighted by Gasteiger charge is -2.11. The first-order valence-electron chi connectivity index (χ1n) is 7.08. The molecule has 0 aromatic heterocycles. The van der Waals surface area contributed by atoms with E-state index in [0.717, 1.165) is 11.6 Å². The summed E-state index contributed by atoms with van der Waals surface area (Å²) in [6, 6.07) is 8.93. The Balaban J connectivity index is 1.96. The van der Waals surface area contributed by atoms with Gasteiger partial charge in [0.25, 0.3) is 5.91 Å². The first-order valence-corrected chi connectivity index (χ1v) is 7.08. The van der Waals surface area contributed by atoms with Crippen LogP contribution in [-0.2, 0) is 0 Å². The number of rotatable bonds is 3. The molecule has 1 unspecified atom stereocenters. The smallest absolute Gasteiger partial charge is 0.340 e. The van der Waals surface area contributed by atoms with Crippen molar-refractivity contribution in [1.82, 2.24) is 0 Å². The Morgan fingerprint density at radius 1 is 1.26 bits per heavy atom. The molecule has 0 fully saturated rings. The molecule has 1 aliphatic rings. The lowest BCUT2D eigenvalue weighted by atomic mass is 10.0. The van der Waals surface area contributed by atoms with Crippen LogP contribution in [0.3, 0.4) is 0 Å². The van der Waals surface area contributed by atoms with Crippen LogP contribution in [-0.4, -0.2) is 23.6 Å². The Labute approximate surface area is 131 Å². The maximum atomic E-state index is 13.7. The largest absolute Gasteiger partial charge is 0.492 e. The number of ether oxygens (including phenoxy) is 1. The molecule has 118 valence electrons. The maximum Gasteiger partial charge on any atom is 0.340 e. The molecule has 0 radical (unpaired) electrons. The van der Waals surface area contributed by atoms with Gasteiger partial charge in [-0.25, -0.2) is 9.18 Å². The predicted molar refractivity (Wildman–Crippen MR) is 81.7 cm³/mol. The average molecular weight is 315 g/mol. The summed E-state index contributed by atoms with van der Waals surface area (Å²) in [5.41, 5.74) is 0.566. The molecule has 2 aromatic carbocycles. The van der Waals surface area contributed by atoms with E-state index in [0.29, 0.717) is 17.9 Å². The molecule has 0 saturated heterocycles. The van der Waals surface area contributed by atoms with Crippen molar-refractivity contribution in [2.24, 2.45) is 0 Å². The number of carboxylic acid groups (broad SMARTS) is 1. The molecule has 1 aliphatic heterocycles. The number of aromatic carboxylic acids is 1. The zero-order chi connectivity index (χ0) is 16.6. The highest BCUT2D eigenvalue weighted by Gasteiger charge is 2.26. The summed E-state index contributed by atoms with van der Waals surface area (Å²) in [5, 5.41) is 11.6. The summed E-state index contributed by atoms with van der Waals surface area (Å²) in [6.45, 7) is 2.47. The van der Waals surface area contributed by atoms with Gasteiger partial charge in [0.15, 0.2) is 0 Å². The van der Waals surface area contributed by atoms with Crippen molar-refractivity contribution >= 4 is 17.6 Å². The Morgan fingerprint density at radius 2 is 2.00 bits per heavy atom. The number of anilines is 1. The fourth-order valence-corrected chi connectivity index (χ4v) is 2.62. The van der Waals surface area contributed by atoms with Crippen molar-refractivity contribution in [3.8, 4) is 5.75 Å². The molecule has 1 heterocycles. The molecule has 0 bridgehead atoms. The van der Waals surface area contributed by atoms with Gasteiger partial charge in [0, 0.05) is 11.5 Å². The summed E-state index contributed by atoms with van der Waals surface area (Å²) in [4.78, 5) is 23.6. The second kappa shape index (κ2) is 5.72. The predicted octanol–water partition coefficient (Wildman–Crippen LogP) is 3.27. The average Bonchev–Trinajstić information content (AvgIpc) is 2.88. The highest BCUT2D eigenvalue weighted by Crippen LogP contribution is 2.36. The standard InChI is InChI=1S/C17H14FNO4/c1-9-8-23-15-10(9)4-2-5-11(15)16(20)19-13-7-3-6-12(18)14(13)17(21)22/h2-7,9H,8H2,1H3,(H,19,20)(H,21,22). The number of nitrogens with one attached hydrogen (secondary N) is 1. The zero-order valence-electron chi connectivity index (χ0n) is 12.3. The lowest BCUT2D eigenvalue weighted by Crippen LogP contribution is -2.16. The molecule has 5 nitrogen and oxygen atoms in total. The monoisotopic (exact) mass is 315 g/mol. The first-order chi connectivity index (χ1) is 11.0. The van der Waals surface area contributed by atoms with E-state index in [9.17, 15) is 14.0 Å².